The van der Waals surface area contributed by atoms with Crippen molar-refractivity contribution < 1.29 is 4.74 Å². The number of nitrogens with zero attached hydrogens (tertiary/aromatic N) is 1. The molecular formula is C14H28N2O. The molecule has 0 spiro atoms. The van der Waals surface area contributed by atoms with E-state index in [0.717, 1.165) is 25.6 Å². The lowest BCUT2D eigenvalue weighted by Gasteiger charge is -2.49. The molecule has 2 rings (SSSR count). The van der Waals surface area contributed by atoms with Crippen LogP contribution < -0.4 is 5.73 Å². The number of ether oxygens (including phenoxy) is 1. The summed E-state index contributed by atoms with van der Waals surface area (Å²) in [5.74, 6) is 0.782. The molecule has 1 saturated heterocycles. The van der Waals surface area contributed by atoms with Crippen molar-refractivity contribution in [1.82, 2.24) is 4.90 Å². The van der Waals surface area contributed by atoms with Gasteiger partial charge in [-0.05, 0) is 32.6 Å². The summed E-state index contributed by atoms with van der Waals surface area (Å²) in [4.78, 5) is 2.65. The van der Waals surface area contributed by atoms with Crippen LogP contribution in [0.4, 0.5) is 0 Å². The van der Waals surface area contributed by atoms with Gasteiger partial charge in [-0.1, -0.05) is 19.8 Å². The molecule has 2 fully saturated rings. The second kappa shape index (κ2) is 5.25. The molecule has 0 aromatic heterocycles. The molecule has 100 valence electrons. The number of hydrogen-bond acceptors (Lipinski definition) is 3. The Morgan fingerprint density at radius 2 is 1.94 bits per heavy atom. The highest BCUT2D eigenvalue weighted by Gasteiger charge is 2.47. The number of rotatable bonds is 3. The van der Waals surface area contributed by atoms with Crippen molar-refractivity contribution in [2.45, 2.75) is 64.2 Å². The maximum absolute atomic E-state index is 6.17. The van der Waals surface area contributed by atoms with Crippen LogP contribution in [0.5, 0.6) is 0 Å². The Bertz CT molecular complexity index is 249. The summed E-state index contributed by atoms with van der Waals surface area (Å²) in [5, 5.41) is 0. The second-order valence-electron chi connectivity index (χ2n) is 5.97. The molecule has 0 radical (unpaired) electrons. The summed E-state index contributed by atoms with van der Waals surface area (Å²) < 4.78 is 5.85. The van der Waals surface area contributed by atoms with Gasteiger partial charge >= 0.3 is 0 Å². The summed E-state index contributed by atoms with van der Waals surface area (Å²) in [6, 6.07) is 0. The van der Waals surface area contributed by atoms with E-state index in [-0.39, 0.29) is 5.54 Å². The fourth-order valence-corrected chi connectivity index (χ4v) is 4.07. The van der Waals surface area contributed by atoms with E-state index < -0.39 is 0 Å². The Hall–Kier alpha value is -0.120. The fraction of sp³-hybridized carbons (Fsp3) is 1.00. The average Bonchev–Trinajstić information content (AvgIpc) is 2.71. The van der Waals surface area contributed by atoms with Gasteiger partial charge in [0.15, 0.2) is 0 Å². The highest BCUT2D eigenvalue weighted by molar-refractivity contribution is 5.03. The molecule has 4 unspecified atom stereocenters. The number of morpholine rings is 1. The summed E-state index contributed by atoms with van der Waals surface area (Å²) >= 11 is 0. The van der Waals surface area contributed by atoms with E-state index in [1.165, 1.54) is 25.7 Å². The van der Waals surface area contributed by atoms with E-state index in [1.54, 1.807) is 0 Å². The molecule has 0 aromatic carbocycles. The molecule has 0 aromatic rings. The fourth-order valence-electron chi connectivity index (χ4n) is 4.07. The Balaban J connectivity index is 2.16. The van der Waals surface area contributed by atoms with Crippen LogP contribution >= 0.6 is 0 Å². The molecule has 4 atom stereocenters. The van der Waals surface area contributed by atoms with Gasteiger partial charge < -0.3 is 10.5 Å². The summed E-state index contributed by atoms with van der Waals surface area (Å²) in [5.41, 5.74) is 6.44. The first-order valence-electron chi connectivity index (χ1n) is 7.23. The predicted octanol–water partition coefficient (Wildman–Crippen LogP) is 2.00. The first-order valence-corrected chi connectivity index (χ1v) is 7.23. The zero-order chi connectivity index (χ0) is 12.5. The number of hydrogen-bond donors (Lipinski definition) is 1. The highest BCUT2D eigenvalue weighted by atomic mass is 16.5. The van der Waals surface area contributed by atoms with Gasteiger partial charge in [-0.2, -0.15) is 0 Å². The SMILES string of the molecule is CCC1CCCC1(CN)N1CC(C)OC(C)C1. The third kappa shape index (κ3) is 2.38. The van der Waals surface area contributed by atoms with Crippen LogP contribution in [-0.4, -0.2) is 42.3 Å². The molecule has 2 N–H and O–H groups in total. The Kier molecular flexibility index (Phi) is 4.11. The first-order chi connectivity index (χ1) is 8.12. The minimum absolute atomic E-state index is 0.265. The maximum atomic E-state index is 6.17. The Morgan fingerprint density at radius 1 is 1.29 bits per heavy atom. The van der Waals surface area contributed by atoms with Crippen LogP contribution in [0.3, 0.4) is 0 Å². The van der Waals surface area contributed by atoms with Gasteiger partial charge in [0.1, 0.15) is 0 Å². The lowest BCUT2D eigenvalue weighted by molar-refractivity contribution is -0.109. The molecule has 1 aliphatic carbocycles. The lowest BCUT2D eigenvalue weighted by atomic mass is 9.82. The molecule has 2 aliphatic rings. The minimum Gasteiger partial charge on any atom is -0.373 e. The topological polar surface area (TPSA) is 38.5 Å². The molecule has 3 heteroatoms. The van der Waals surface area contributed by atoms with Gasteiger partial charge in [-0.3, -0.25) is 4.90 Å². The van der Waals surface area contributed by atoms with Gasteiger partial charge in [0.05, 0.1) is 12.2 Å². The van der Waals surface area contributed by atoms with Crippen molar-refractivity contribution in [1.29, 1.82) is 0 Å². The van der Waals surface area contributed by atoms with Gasteiger partial charge in [0.25, 0.3) is 0 Å². The van der Waals surface area contributed by atoms with E-state index in [4.69, 9.17) is 10.5 Å². The molecule has 17 heavy (non-hydrogen) atoms. The van der Waals surface area contributed by atoms with Crippen LogP contribution in [0.1, 0.15) is 46.5 Å². The third-order valence-corrected chi connectivity index (χ3v) is 4.82. The summed E-state index contributed by atoms with van der Waals surface area (Å²) in [7, 11) is 0. The van der Waals surface area contributed by atoms with Crippen LogP contribution in [0.2, 0.25) is 0 Å². The summed E-state index contributed by atoms with van der Waals surface area (Å²) in [6.07, 6.45) is 5.93. The lowest BCUT2D eigenvalue weighted by Crippen LogP contribution is -2.62. The van der Waals surface area contributed by atoms with Crippen LogP contribution in [0.25, 0.3) is 0 Å². The van der Waals surface area contributed by atoms with E-state index in [2.05, 4.69) is 25.7 Å². The zero-order valence-corrected chi connectivity index (χ0v) is 11.6. The van der Waals surface area contributed by atoms with Crippen LogP contribution in [-0.2, 0) is 4.74 Å². The molecule has 1 aliphatic heterocycles. The summed E-state index contributed by atoms with van der Waals surface area (Å²) in [6.45, 7) is 9.60. The number of nitrogens with two attached hydrogens (primary N) is 1. The van der Waals surface area contributed by atoms with Gasteiger partial charge in [0, 0.05) is 25.2 Å². The monoisotopic (exact) mass is 240 g/mol. The molecular weight excluding hydrogens is 212 g/mol. The van der Waals surface area contributed by atoms with Crippen molar-refractivity contribution in [2.24, 2.45) is 11.7 Å². The van der Waals surface area contributed by atoms with Crippen molar-refractivity contribution >= 4 is 0 Å². The first kappa shape index (κ1) is 13.3. The Labute approximate surface area is 106 Å². The van der Waals surface area contributed by atoms with E-state index in [1.807, 2.05) is 0 Å². The quantitative estimate of drug-likeness (QED) is 0.820. The van der Waals surface area contributed by atoms with Crippen molar-refractivity contribution in [2.75, 3.05) is 19.6 Å². The van der Waals surface area contributed by atoms with Crippen molar-refractivity contribution in [3.63, 3.8) is 0 Å². The predicted molar refractivity (Wildman–Crippen MR) is 71.0 cm³/mol. The normalized spacial score (nSPS) is 44.1. The molecule has 0 amide bonds. The maximum Gasteiger partial charge on any atom is 0.0678 e. The standard InChI is InChI=1S/C14H28N2O/c1-4-13-6-5-7-14(13,10-15)16-8-11(2)17-12(3)9-16/h11-13H,4-10,15H2,1-3H3. The minimum atomic E-state index is 0.265. The van der Waals surface area contributed by atoms with E-state index >= 15 is 0 Å². The zero-order valence-electron chi connectivity index (χ0n) is 11.6. The highest BCUT2D eigenvalue weighted by Crippen LogP contribution is 2.42. The smallest absolute Gasteiger partial charge is 0.0678 e. The van der Waals surface area contributed by atoms with Crippen molar-refractivity contribution in [3.8, 4) is 0 Å². The van der Waals surface area contributed by atoms with Crippen LogP contribution in [0.15, 0.2) is 0 Å². The van der Waals surface area contributed by atoms with Gasteiger partial charge in [-0.15, -0.1) is 0 Å². The van der Waals surface area contributed by atoms with Crippen molar-refractivity contribution in [3.05, 3.63) is 0 Å². The van der Waals surface area contributed by atoms with Gasteiger partial charge in [0.2, 0.25) is 0 Å². The molecule has 3 nitrogen and oxygen atoms in total. The van der Waals surface area contributed by atoms with Crippen LogP contribution in [0, 0.1) is 5.92 Å². The van der Waals surface area contributed by atoms with E-state index in [0.29, 0.717) is 12.2 Å². The molecule has 1 heterocycles. The molecule has 1 saturated carbocycles. The van der Waals surface area contributed by atoms with Gasteiger partial charge in [-0.25, -0.2) is 0 Å². The molecule has 0 bridgehead atoms. The largest absolute Gasteiger partial charge is 0.373 e. The average molecular weight is 240 g/mol. The van der Waals surface area contributed by atoms with E-state index in [9.17, 15) is 0 Å². The Morgan fingerprint density at radius 3 is 2.47 bits per heavy atom. The third-order valence-electron chi connectivity index (χ3n) is 4.82. The second-order valence-corrected chi connectivity index (χ2v) is 5.97.